The molecule has 1 saturated heterocycles. The highest BCUT2D eigenvalue weighted by atomic mass is 16.3. The van der Waals surface area contributed by atoms with Crippen LogP contribution in [0, 0.1) is 6.92 Å². The number of aliphatic hydroxyl groups excluding tert-OH is 1. The van der Waals surface area contributed by atoms with E-state index in [1.165, 1.54) is 24.1 Å². The lowest BCUT2D eigenvalue weighted by Crippen LogP contribution is -2.01. The van der Waals surface area contributed by atoms with E-state index in [0.717, 1.165) is 6.42 Å². The Bertz CT molecular complexity index is 338. The normalized spacial score (nSPS) is 23.6. The van der Waals surface area contributed by atoms with Crippen molar-refractivity contribution in [1.29, 1.82) is 0 Å². The van der Waals surface area contributed by atoms with E-state index < -0.39 is 0 Å². The fourth-order valence-electron chi connectivity index (χ4n) is 2.60. The number of rotatable bonds is 5. The number of aryl methyl sites for hydroxylation is 1. The van der Waals surface area contributed by atoms with Crippen LogP contribution in [0.5, 0.6) is 0 Å². The van der Waals surface area contributed by atoms with E-state index in [1.807, 2.05) is 0 Å². The first-order valence-electron chi connectivity index (χ1n) is 6.23. The van der Waals surface area contributed by atoms with Crippen LogP contribution in [-0.2, 0) is 0 Å². The zero-order chi connectivity index (χ0) is 11.5. The van der Waals surface area contributed by atoms with Crippen LogP contribution in [-0.4, -0.2) is 23.8 Å². The van der Waals surface area contributed by atoms with Gasteiger partial charge in [-0.15, -0.1) is 0 Å². The van der Waals surface area contributed by atoms with Crippen LogP contribution in [0.1, 0.15) is 31.7 Å². The summed E-state index contributed by atoms with van der Waals surface area (Å²) in [6.07, 6.45) is 3.35. The molecule has 2 nitrogen and oxygen atoms in total. The second kappa shape index (κ2) is 4.88. The number of aliphatic hydroxyl groups is 1. The van der Waals surface area contributed by atoms with Gasteiger partial charge in [-0.3, -0.25) is 0 Å². The van der Waals surface area contributed by atoms with E-state index in [4.69, 9.17) is 5.11 Å². The summed E-state index contributed by atoms with van der Waals surface area (Å²) in [5, 5.41) is 9.06. The number of hydrogen-bond donors (Lipinski definition) is 1. The first-order chi connectivity index (χ1) is 7.77. The van der Waals surface area contributed by atoms with Crippen molar-refractivity contribution in [2.75, 3.05) is 11.5 Å². The van der Waals surface area contributed by atoms with Gasteiger partial charge < -0.3 is 10.0 Å². The van der Waals surface area contributed by atoms with E-state index >= 15 is 0 Å². The molecular weight excluding hydrogens is 198 g/mol. The Morgan fingerprint density at radius 3 is 2.62 bits per heavy atom. The zero-order valence-electron chi connectivity index (χ0n) is 10.2. The predicted molar refractivity (Wildman–Crippen MR) is 67.8 cm³/mol. The summed E-state index contributed by atoms with van der Waals surface area (Å²) in [7, 11) is 0. The summed E-state index contributed by atoms with van der Waals surface area (Å²) in [5.74, 6) is 0. The summed E-state index contributed by atoms with van der Waals surface area (Å²) < 4.78 is 0. The lowest BCUT2D eigenvalue weighted by molar-refractivity contribution is 0.287. The average molecular weight is 219 g/mol. The molecule has 0 amide bonds. The SMILES string of the molecule is CCCC1C(CCO)N1c1cccc(C)c1. The summed E-state index contributed by atoms with van der Waals surface area (Å²) in [6, 6.07) is 9.86. The molecule has 0 aliphatic carbocycles. The van der Waals surface area contributed by atoms with E-state index in [-0.39, 0.29) is 0 Å². The smallest absolute Gasteiger partial charge is 0.0519 e. The third kappa shape index (κ3) is 2.22. The number of nitrogens with zero attached hydrogens (tertiary/aromatic N) is 1. The Kier molecular flexibility index (Phi) is 3.49. The molecule has 0 saturated carbocycles. The van der Waals surface area contributed by atoms with Gasteiger partial charge in [-0.2, -0.15) is 0 Å². The molecule has 0 aromatic heterocycles. The van der Waals surface area contributed by atoms with Gasteiger partial charge in [0, 0.05) is 18.3 Å². The maximum atomic E-state index is 9.06. The van der Waals surface area contributed by atoms with Gasteiger partial charge in [0.1, 0.15) is 0 Å². The van der Waals surface area contributed by atoms with Gasteiger partial charge in [0.25, 0.3) is 0 Å². The maximum Gasteiger partial charge on any atom is 0.0519 e. The molecule has 1 N–H and O–H groups in total. The van der Waals surface area contributed by atoms with Crippen molar-refractivity contribution >= 4 is 5.69 Å². The molecule has 2 unspecified atom stereocenters. The number of benzene rings is 1. The monoisotopic (exact) mass is 219 g/mol. The quantitative estimate of drug-likeness (QED) is 0.770. The lowest BCUT2D eigenvalue weighted by Gasteiger charge is -2.06. The van der Waals surface area contributed by atoms with E-state index in [2.05, 4.69) is 43.0 Å². The molecule has 1 heterocycles. The minimum absolute atomic E-state index is 0.299. The van der Waals surface area contributed by atoms with E-state index in [0.29, 0.717) is 18.7 Å². The molecule has 88 valence electrons. The lowest BCUT2D eigenvalue weighted by atomic mass is 10.2. The van der Waals surface area contributed by atoms with Crippen LogP contribution >= 0.6 is 0 Å². The molecule has 0 radical (unpaired) electrons. The number of hydrogen-bond acceptors (Lipinski definition) is 2. The van der Waals surface area contributed by atoms with Gasteiger partial charge in [-0.25, -0.2) is 0 Å². The van der Waals surface area contributed by atoms with Crippen LogP contribution in [0.25, 0.3) is 0 Å². The largest absolute Gasteiger partial charge is 0.396 e. The van der Waals surface area contributed by atoms with Gasteiger partial charge in [0.2, 0.25) is 0 Å². The maximum absolute atomic E-state index is 9.06. The van der Waals surface area contributed by atoms with Crippen LogP contribution in [0.15, 0.2) is 24.3 Å². The van der Waals surface area contributed by atoms with Crippen molar-refractivity contribution in [3.05, 3.63) is 29.8 Å². The highest BCUT2D eigenvalue weighted by molar-refractivity contribution is 5.57. The highest BCUT2D eigenvalue weighted by Crippen LogP contribution is 2.39. The average Bonchev–Trinajstić information content (AvgIpc) is 2.93. The highest BCUT2D eigenvalue weighted by Gasteiger charge is 2.45. The predicted octanol–water partition coefficient (Wildman–Crippen LogP) is 2.73. The first kappa shape index (κ1) is 11.5. The third-order valence-electron chi connectivity index (χ3n) is 3.38. The standard InChI is InChI=1S/C14H21NO/c1-3-5-13-14(8-9-16)15(13)12-7-4-6-11(2)10-12/h4,6-7,10,13-14,16H,3,5,8-9H2,1-2H3. The van der Waals surface area contributed by atoms with E-state index in [1.54, 1.807) is 0 Å². The number of anilines is 1. The van der Waals surface area contributed by atoms with Crippen molar-refractivity contribution in [2.45, 2.75) is 45.2 Å². The fourth-order valence-corrected chi connectivity index (χ4v) is 2.60. The van der Waals surface area contributed by atoms with Gasteiger partial charge in [-0.1, -0.05) is 25.5 Å². The second-order valence-electron chi connectivity index (χ2n) is 4.68. The zero-order valence-corrected chi connectivity index (χ0v) is 10.2. The van der Waals surface area contributed by atoms with Crippen molar-refractivity contribution < 1.29 is 5.11 Å². The van der Waals surface area contributed by atoms with Crippen LogP contribution in [0.4, 0.5) is 5.69 Å². The molecule has 1 aliphatic heterocycles. The van der Waals surface area contributed by atoms with E-state index in [9.17, 15) is 0 Å². The Morgan fingerprint density at radius 1 is 1.25 bits per heavy atom. The molecule has 1 aromatic carbocycles. The minimum Gasteiger partial charge on any atom is -0.396 e. The van der Waals surface area contributed by atoms with Crippen LogP contribution in [0.3, 0.4) is 0 Å². The molecule has 1 aliphatic rings. The molecule has 0 spiro atoms. The summed E-state index contributed by atoms with van der Waals surface area (Å²) in [4.78, 5) is 2.45. The van der Waals surface area contributed by atoms with Crippen molar-refractivity contribution in [3.63, 3.8) is 0 Å². The summed E-state index contributed by atoms with van der Waals surface area (Å²) >= 11 is 0. The molecule has 2 heteroatoms. The Balaban J connectivity index is 2.09. The van der Waals surface area contributed by atoms with Gasteiger partial charge in [0.05, 0.1) is 6.04 Å². The second-order valence-corrected chi connectivity index (χ2v) is 4.68. The first-order valence-corrected chi connectivity index (χ1v) is 6.23. The van der Waals surface area contributed by atoms with Gasteiger partial charge in [0.15, 0.2) is 0 Å². The topological polar surface area (TPSA) is 23.2 Å². The molecule has 2 atom stereocenters. The molecular formula is C14H21NO. The van der Waals surface area contributed by atoms with Crippen LogP contribution in [0.2, 0.25) is 0 Å². The Labute approximate surface area is 97.9 Å². The van der Waals surface area contributed by atoms with Crippen molar-refractivity contribution in [3.8, 4) is 0 Å². The van der Waals surface area contributed by atoms with Crippen molar-refractivity contribution in [1.82, 2.24) is 0 Å². The summed E-state index contributed by atoms with van der Waals surface area (Å²) in [5.41, 5.74) is 2.62. The Morgan fingerprint density at radius 2 is 2.00 bits per heavy atom. The molecule has 1 aromatic rings. The van der Waals surface area contributed by atoms with Gasteiger partial charge in [-0.05, 0) is 37.5 Å². The molecule has 1 fully saturated rings. The molecule has 2 rings (SSSR count). The summed E-state index contributed by atoms with van der Waals surface area (Å²) in [6.45, 7) is 4.65. The Hall–Kier alpha value is -1.02. The van der Waals surface area contributed by atoms with Gasteiger partial charge >= 0.3 is 0 Å². The third-order valence-corrected chi connectivity index (χ3v) is 3.38. The molecule has 0 bridgehead atoms. The minimum atomic E-state index is 0.299. The fraction of sp³-hybridized carbons (Fsp3) is 0.571. The molecule has 16 heavy (non-hydrogen) atoms. The van der Waals surface area contributed by atoms with Crippen molar-refractivity contribution in [2.24, 2.45) is 0 Å². The van der Waals surface area contributed by atoms with Crippen LogP contribution < -0.4 is 4.90 Å².